The van der Waals surface area contributed by atoms with Gasteiger partial charge in [-0.3, -0.25) is 0 Å². The first-order valence-corrected chi connectivity index (χ1v) is 5.27. The molecule has 1 aromatic heterocycles. The van der Waals surface area contributed by atoms with E-state index in [4.69, 9.17) is 9.68 Å². The third-order valence-corrected chi connectivity index (χ3v) is 2.29. The second-order valence-electron chi connectivity index (χ2n) is 3.60. The molecule has 0 atom stereocenters. The highest BCUT2D eigenvalue weighted by Gasteiger charge is 2.02. The number of nitriles is 1. The lowest BCUT2D eigenvalue weighted by Gasteiger charge is -2.03. The molecule has 0 aliphatic carbocycles. The number of oxazole rings is 1. The number of aromatic nitrogens is 1. The summed E-state index contributed by atoms with van der Waals surface area (Å²) in [4.78, 5) is 4.23. The molecule has 0 radical (unpaired) electrons. The van der Waals surface area contributed by atoms with Crippen molar-refractivity contribution >= 4 is 16.8 Å². The molecule has 0 aliphatic rings. The molecule has 2 rings (SSSR count). The van der Waals surface area contributed by atoms with Gasteiger partial charge in [-0.15, -0.1) is 0 Å². The third kappa shape index (κ3) is 2.31. The summed E-state index contributed by atoms with van der Waals surface area (Å²) >= 11 is 0. The SMILES string of the molecule is Cc1nc2ccc(NCCCC#N)cc2o1. The van der Waals surface area contributed by atoms with Crippen molar-refractivity contribution in [1.82, 2.24) is 4.98 Å². The monoisotopic (exact) mass is 215 g/mol. The Balaban J connectivity index is 2.05. The quantitative estimate of drug-likeness (QED) is 0.796. The Morgan fingerprint density at radius 3 is 3.19 bits per heavy atom. The van der Waals surface area contributed by atoms with Gasteiger partial charge >= 0.3 is 0 Å². The number of nitrogens with one attached hydrogen (secondary N) is 1. The number of nitrogens with zero attached hydrogens (tertiary/aromatic N) is 2. The van der Waals surface area contributed by atoms with Crippen LogP contribution in [0.25, 0.3) is 11.1 Å². The number of benzene rings is 1. The van der Waals surface area contributed by atoms with Crippen LogP contribution >= 0.6 is 0 Å². The lowest BCUT2D eigenvalue weighted by molar-refractivity contribution is 0.561. The molecular formula is C12H13N3O. The summed E-state index contributed by atoms with van der Waals surface area (Å²) in [5, 5.41) is 11.6. The predicted molar refractivity (Wildman–Crippen MR) is 62.1 cm³/mol. The highest BCUT2D eigenvalue weighted by molar-refractivity contribution is 5.77. The maximum absolute atomic E-state index is 8.41. The number of anilines is 1. The van der Waals surface area contributed by atoms with Crippen LogP contribution in [-0.2, 0) is 0 Å². The number of rotatable bonds is 4. The molecule has 0 aliphatic heterocycles. The van der Waals surface area contributed by atoms with Gasteiger partial charge in [-0.25, -0.2) is 4.98 Å². The van der Waals surface area contributed by atoms with Crippen LogP contribution in [0.5, 0.6) is 0 Å². The normalized spacial score (nSPS) is 10.2. The van der Waals surface area contributed by atoms with Crippen molar-refractivity contribution in [1.29, 1.82) is 5.26 Å². The van der Waals surface area contributed by atoms with E-state index in [1.54, 1.807) is 0 Å². The average Bonchev–Trinajstić information content (AvgIpc) is 2.64. The molecule has 1 heterocycles. The van der Waals surface area contributed by atoms with E-state index in [1.165, 1.54) is 0 Å². The van der Waals surface area contributed by atoms with Crippen LogP contribution in [0.2, 0.25) is 0 Å². The molecule has 2 aromatic rings. The van der Waals surface area contributed by atoms with Crippen LogP contribution in [0.1, 0.15) is 18.7 Å². The maximum Gasteiger partial charge on any atom is 0.192 e. The van der Waals surface area contributed by atoms with E-state index in [2.05, 4.69) is 16.4 Å². The van der Waals surface area contributed by atoms with Crippen molar-refractivity contribution in [2.75, 3.05) is 11.9 Å². The van der Waals surface area contributed by atoms with Crippen LogP contribution in [0, 0.1) is 18.3 Å². The van der Waals surface area contributed by atoms with Gasteiger partial charge in [0.15, 0.2) is 11.5 Å². The fraction of sp³-hybridized carbons (Fsp3) is 0.333. The zero-order chi connectivity index (χ0) is 11.4. The van der Waals surface area contributed by atoms with E-state index in [-0.39, 0.29) is 0 Å². The Morgan fingerprint density at radius 1 is 1.50 bits per heavy atom. The van der Waals surface area contributed by atoms with Gasteiger partial charge in [0.1, 0.15) is 5.52 Å². The van der Waals surface area contributed by atoms with Gasteiger partial charge in [-0.2, -0.15) is 5.26 Å². The first kappa shape index (κ1) is 10.5. The van der Waals surface area contributed by atoms with E-state index < -0.39 is 0 Å². The summed E-state index contributed by atoms with van der Waals surface area (Å²) in [6, 6.07) is 7.95. The zero-order valence-electron chi connectivity index (χ0n) is 9.16. The number of aryl methyl sites for hydroxylation is 1. The molecule has 1 aromatic carbocycles. The van der Waals surface area contributed by atoms with Crippen LogP contribution < -0.4 is 5.32 Å². The van der Waals surface area contributed by atoms with Crippen molar-refractivity contribution in [2.24, 2.45) is 0 Å². The number of hydrogen-bond acceptors (Lipinski definition) is 4. The van der Waals surface area contributed by atoms with Gasteiger partial charge in [0.2, 0.25) is 0 Å². The standard InChI is InChI=1S/C12H13N3O/c1-9-15-11-5-4-10(8-12(11)16-9)14-7-3-2-6-13/h4-5,8,14H,2-3,7H2,1H3. The summed E-state index contributed by atoms with van der Waals surface area (Å²) in [7, 11) is 0. The van der Waals surface area contributed by atoms with E-state index in [0.29, 0.717) is 12.3 Å². The molecule has 4 heteroatoms. The lowest BCUT2D eigenvalue weighted by Crippen LogP contribution is -2.00. The maximum atomic E-state index is 8.41. The topological polar surface area (TPSA) is 61.9 Å². The minimum Gasteiger partial charge on any atom is -0.441 e. The van der Waals surface area contributed by atoms with Crippen molar-refractivity contribution in [3.63, 3.8) is 0 Å². The van der Waals surface area contributed by atoms with E-state index in [1.807, 2.05) is 25.1 Å². The van der Waals surface area contributed by atoms with Gasteiger partial charge in [-0.1, -0.05) is 0 Å². The first-order chi connectivity index (χ1) is 7.79. The molecule has 0 amide bonds. The summed E-state index contributed by atoms with van der Waals surface area (Å²) in [5.74, 6) is 0.677. The van der Waals surface area contributed by atoms with Gasteiger partial charge in [-0.05, 0) is 18.6 Å². The van der Waals surface area contributed by atoms with Crippen molar-refractivity contribution < 1.29 is 4.42 Å². The Labute approximate surface area is 93.9 Å². The fourth-order valence-corrected chi connectivity index (χ4v) is 1.55. The van der Waals surface area contributed by atoms with Crippen LogP contribution in [0.4, 0.5) is 5.69 Å². The highest BCUT2D eigenvalue weighted by Crippen LogP contribution is 2.19. The smallest absolute Gasteiger partial charge is 0.192 e. The highest BCUT2D eigenvalue weighted by atomic mass is 16.3. The average molecular weight is 215 g/mol. The van der Waals surface area contributed by atoms with Gasteiger partial charge < -0.3 is 9.73 Å². The Kier molecular flexibility index (Phi) is 3.06. The Morgan fingerprint density at radius 2 is 2.38 bits per heavy atom. The lowest BCUT2D eigenvalue weighted by atomic mass is 10.2. The van der Waals surface area contributed by atoms with Gasteiger partial charge in [0, 0.05) is 31.6 Å². The third-order valence-electron chi connectivity index (χ3n) is 2.29. The molecule has 0 saturated heterocycles. The first-order valence-electron chi connectivity index (χ1n) is 5.27. The van der Waals surface area contributed by atoms with Gasteiger partial charge in [0.05, 0.1) is 6.07 Å². The Bertz CT molecular complexity index is 525. The van der Waals surface area contributed by atoms with Crippen LogP contribution in [0.3, 0.4) is 0 Å². The molecule has 4 nitrogen and oxygen atoms in total. The van der Waals surface area contributed by atoms with Crippen molar-refractivity contribution in [3.8, 4) is 6.07 Å². The summed E-state index contributed by atoms with van der Waals surface area (Å²) < 4.78 is 5.43. The Hall–Kier alpha value is -2.02. The van der Waals surface area contributed by atoms with Crippen molar-refractivity contribution in [2.45, 2.75) is 19.8 Å². The molecule has 0 fully saturated rings. The van der Waals surface area contributed by atoms with E-state index >= 15 is 0 Å². The van der Waals surface area contributed by atoms with Gasteiger partial charge in [0.25, 0.3) is 0 Å². The number of fused-ring (bicyclic) bond motifs is 1. The van der Waals surface area contributed by atoms with E-state index in [0.717, 1.165) is 29.8 Å². The fourth-order valence-electron chi connectivity index (χ4n) is 1.55. The molecule has 16 heavy (non-hydrogen) atoms. The minimum atomic E-state index is 0.580. The number of unbranched alkanes of at least 4 members (excludes halogenated alkanes) is 1. The van der Waals surface area contributed by atoms with Crippen molar-refractivity contribution in [3.05, 3.63) is 24.1 Å². The second-order valence-corrected chi connectivity index (χ2v) is 3.60. The molecule has 82 valence electrons. The summed E-state index contributed by atoms with van der Waals surface area (Å²) in [6.45, 7) is 2.63. The largest absolute Gasteiger partial charge is 0.441 e. The predicted octanol–water partition coefficient (Wildman–Crippen LogP) is 2.85. The molecule has 0 spiro atoms. The molecule has 1 N–H and O–H groups in total. The zero-order valence-corrected chi connectivity index (χ0v) is 9.16. The summed E-state index contributed by atoms with van der Waals surface area (Å²) in [5.41, 5.74) is 2.67. The van der Waals surface area contributed by atoms with Crippen LogP contribution in [-0.4, -0.2) is 11.5 Å². The minimum absolute atomic E-state index is 0.580. The molecular weight excluding hydrogens is 202 g/mol. The van der Waals surface area contributed by atoms with E-state index in [9.17, 15) is 0 Å². The molecule has 0 bridgehead atoms. The molecule has 0 saturated carbocycles. The molecule has 0 unspecified atom stereocenters. The second kappa shape index (κ2) is 4.67. The summed E-state index contributed by atoms with van der Waals surface area (Å²) in [6.07, 6.45) is 1.43. The number of hydrogen-bond donors (Lipinski definition) is 1. The van der Waals surface area contributed by atoms with Crippen LogP contribution in [0.15, 0.2) is 22.6 Å².